The quantitative estimate of drug-likeness (QED) is 0.430. The molecule has 0 saturated carbocycles. The molecule has 0 aliphatic heterocycles. The van der Waals surface area contributed by atoms with Crippen molar-refractivity contribution in [2.24, 2.45) is 4.99 Å². The number of alkyl halides is 3. The van der Waals surface area contributed by atoms with Crippen molar-refractivity contribution in [1.29, 1.82) is 0 Å². The first-order chi connectivity index (χ1) is 7.91. The average Bonchev–Trinajstić information content (AvgIpc) is 2.24. The molecule has 0 spiro atoms. The van der Waals surface area contributed by atoms with Crippen molar-refractivity contribution in [3.8, 4) is 0 Å². The lowest BCUT2D eigenvalue weighted by molar-refractivity contribution is -0.0924. The minimum absolute atomic E-state index is 0.562. The van der Waals surface area contributed by atoms with Gasteiger partial charge in [0.2, 0.25) is 0 Å². The second-order valence-corrected chi connectivity index (χ2v) is 4.18. The van der Waals surface area contributed by atoms with E-state index in [1.165, 1.54) is 19.8 Å². The second-order valence-electron chi connectivity index (χ2n) is 4.18. The summed E-state index contributed by atoms with van der Waals surface area (Å²) in [4.78, 5) is 3.64. The minimum Gasteiger partial charge on any atom is -0.253 e. The van der Waals surface area contributed by atoms with E-state index >= 15 is 0 Å². The molecule has 100 valence electrons. The number of aliphatic imine (C=N–C) groups is 1. The van der Waals surface area contributed by atoms with Crippen LogP contribution < -0.4 is 0 Å². The molecule has 17 heavy (non-hydrogen) atoms. The second kappa shape index (κ2) is 8.31. The molecule has 0 fully saturated rings. The summed E-state index contributed by atoms with van der Waals surface area (Å²) in [5.74, 6) is 0. The molecule has 0 bridgehead atoms. The van der Waals surface area contributed by atoms with Crippen molar-refractivity contribution < 1.29 is 13.2 Å². The topological polar surface area (TPSA) is 12.4 Å². The van der Waals surface area contributed by atoms with Crippen LogP contribution in [0.15, 0.2) is 16.8 Å². The molecule has 0 aliphatic rings. The molecular formula is C13H22F3N. The van der Waals surface area contributed by atoms with Crippen LogP contribution >= 0.6 is 0 Å². The molecule has 0 N–H and O–H groups in total. The van der Waals surface area contributed by atoms with E-state index in [1.807, 2.05) is 0 Å². The normalized spacial score (nSPS) is 14.2. The van der Waals surface area contributed by atoms with E-state index in [9.17, 15) is 13.2 Å². The SMILES string of the molecule is C/C=C(\N=C(/C)CCCCCCC)C(F)(F)F. The van der Waals surface area contributed by atoms with E-state index in [0.717, 1.165) is 25.3 Å². The van der Waals surface area contributed by atoms with E-state index in [0.29, 0.717) is 12.1 Å². The van der Waals surface area contributed by atoms with E-state index in [2.05, 4.69) is 11.9 Å². The fourth-order valence-electron chi connectivity index (χ4n) is 1.54. The Hall–Kier alpha value is -0.800. The van der Waals surface area contributed by atoms with Gasteiger partial charge < -0.3 is 0 Å². The van der Waals surface area contributed by atoms with E-state index in [4.69, 9.17) is 0 Å². The van der Waals surface area contributed by atoms with E-state index < -0.39 is 11.9 Å². The summed E-state index contributed by atoms with van der Waals surface area (Å²) in [6, 6.07) is 0. The van der Waals surface area contributed by atoms with Gasteiger partial charge in [-0.25, -0.2) is 0 Å². The number of hydrogen-bond acceptors (Lipinski definition) is 1. The number of rotatable bonds is 7. The molecule has 1 nitrogen and oxygen atoms in total. The van der Waals surface area contributed by atoms with Gasteiger partial charge in [0, 0.05) is 5.71 Å². The Bertz CT molecular complexity index is 264. The first kappa shape index (κ1) is 16.2. The monoisotopic (exact) mass is 249 g/mol. The molecule has 0 amide bonds. The average molecular weight is 249 g/mol. The summed E-state index contributed by atoms with van der Waals surface area (Å²) in [5.41, 5.74) is -0.226. The molecule has 0 unspecified atom stereocenters. The molecule has 0 radical (unpaired) electrons. The molecule has 4 heteroatoms. The number of nitrogens with zero attached hydrogens (tertiary/aromatic N) is 1. The Balaban J connectivity index is 4.08. The third-order valence-corrected chi connectivity index (χ3v) is 2.52. The highest BCUT2D eigenvalue weighted by molar-refractivity contribution is 5.82. The van der Waals surface area contributed by atoms with Gasteiger partial charge in [-0.3, -0.25) is 4.99 Å². The molecule has 0 heterocycles. The Morgan fingerprint density at radius 3 is 2.18 bits per heavy atom. The maximum absolute atomic E-state index is 12.4. The van der Waals surface area contributed by atoms with Crippen LogP contribution in [0.2, 0.25) is 0 Å². The van der Waals surface area contributed by atoms with Gasteiger partial charge in [-0.1, -0.05) is 38.7 Å². The van der Waals surface area contributed by atoms with Crippen LogP contribution in [0.4, 0.5) is 13.2 Å². The summed E-state index contributed by atoms with van der Waals surface area (Å²) in [5, 5.41) is 0. The van der Waals surface area contributed by atoms with Gasteiger partial charge in [0.25, 0.3) is 0 Å². The van der Waals surface area contributed by atoms with Gasteiger partial charge in [0.05, 0.1) is 0 Å². The van der Waals surface area contributed by atoms with Gasteiger partial charge in [-0.15, -0.1) is 0 Å². The lowest BCUT2D eigenvalue weighted by atomic mass is 10.1. The molecule has 0 aliphatic carbocycles. The first-order valence-corrected chi connectivity index (χ1v) is 6.19. The van der Waals surface area contributed by atoms with Gasteiger partial charge in [-0.2, -0.15) is 13.2 Å². The number of halogens is 3. The zero-order chi connectivity index (χ0) is 13.3. The number of allylic oxidation sites excluding steroid dienone is 2. The Morgan fingerprint density at radius 1 is 1.12 bits per heavy atom. The fraction of sp³-hybridized carbons (Fsp3) is 0.769. The minimum atomic E-state index is -4.34. The molecular weight excluding hydrogens is 227 g/mol. The summed E-state index contributed by atoms with van der Waals surface area (Å²) >= 11 is 0. The van der Waals surface area contributed by atoms with Crippen LogP contribution in [-0.2, 0) is 0 Å². The van der Waals surface area contributed by atoms with Gasteiger partial charge >= 0.3 is 6.18 Å². The van der Waals surface area contributed by atoms with Crippen LogP contribution in [0.5, 0.6) is 0 Å². The van der Waals surface area contributed by atoms with Crippen molar-refractivity contribution in [2.45, 2.75) is 65.5 Å². The van der Waals surface area contributed by atoms with Gasteiger partial charge in [0.15, 0.2) is 0 Å². The Labute approximate surface area is 102 Å². The highest BCUT2D eigenvalue weighted by Gasteiger charge is 2.32. The van der Waals surface area contributed by atoms with Crippen molar-refractivity contribution in [3.05, 3.63) is 11.8 Å². The molecule has 0 aromatic rings. The zero-order valence-corrected chi connectivity index (χ0v) is 10.9. The lowest BCUT2D eigenvalue weighted by Gasteiger charge is -2.08. The molecule has 0 rings (SSSR count). The maximum Gasteiger partial charge on any atom is 0.432 e. The van der Waals surface area contributed by atoms with Crippen LogP contribution in [0.25, 0.3) is 0 Å². The predicted octanol–water partition coefficient (Wildman–Crippen LogP) is 5.27. The molecule has 0 saturated heterocycles. The third-order valence-electron chi connectivity index (χ3n) is 2.52. The van der Waals surface area contributed by atoms with Gasteiger partial charge in [-0.05, 0) is 26.7 Å². The molecule has 0 atom stereocenters. The van der Waals surface area contributed by atoms with Crippen LogP contribution in [0, 0.1) is 0 Å². The highest BCUT2D eigenvalue weighted by Crippen LogP contribution is 2.26. The fourth-order valence-corrected chi connectivity index (χ4v) is 1.54. The van der Waals surface area contributed by atoms with Crippen molar-refractivity contribution in [2.75, 3.05) is 0 Å². The molecule has 0 aromatic heterocycles. The van der Waals surface area contributed by atoms with Crippen molar-refractivity contribution in [3.63, 3.8) is 0 Å². The van der Waals surface area contributed by atoms with Crippen LogP contribution in [0.1, 0.15) is 59.3 Å². The summed E-state index contributed by atoms with van der Waals surface area (Å²) < 4.78 is 37.2. The smallest absolute Gasteiger partial charge is 0.253 e. The standard InChI is InChI=1S/C13H22F3N/c1-4-6-7-8-9-10-11(3)17-12(5-2)13(14,15)16/h5H,4,6-10H2,1-3H3/b12-5-,17-11+. The van der Waals surface area contributed by atoms with Crippen LogP contribution in [-0.4, -0.2) is 11.9 Å². The van der Waals surface area contributed by atoms with Gasteiger partial charge in [0.1, 0.15) is 5.70 Å². The highest BCUT2D eigenvalue weighted by atomic mass is 19.4. The summed E-state index contributed by atoms with van der Waals surface area (Å²) in [6.45, 7) is 5.16. The third kappa shape index (κ3) is 8.00. The Kier molecular flexibility index (Phi) is 7.92. The summed E-state index contributed by atoms with van der Waals surface area (Å²) in [7, 11) is 0. The molecule has 0 aromatic carbocycles. The maximum atomic E-state index is 12.4. The van der Waals surface area contributed by atoms with Crippen LogP contribution in [0.3, 0.4) is 0 Å². The van der Waals surface area contributed by atoms with Crippen molar-refractivity contribution >= 4 is 5.71 Å². The summed E-state index contributed by atoms with van der Waals surface area (Å²) in [6.07, 6.45) is 2.83. The zero-order valence-electron chi connectivity index (χ0n) is 10.9. The predicted molar refractivity (Wildman–Crippen MR) is 66.3 cm³/mol. The number of hydrogen-bond donors (Lipinski definition) is 0. The lowest BCUT2D eigenvalue weighted by Crippen LogP contribution is -2.11. The van der Waals surface area contributed by atoms with Crippen molar-refractivity contribution in [1.82, 2.24) is 0 Å². The largest absolute Gasteiger partial charge is 0.432 e. The van der Waals surface area contributed by atoms with E-state index in [1.54, 1.807) is 6.92 Å². The van der Waals surface area contributed by atoms with E-state index in [-0.39, 0.29) is 0 Å². The first-order valence-electron chi connectivity index (χ1n) is 6.19. The Morgan fingerprint density at radius 2 is 1.71 bits per heavy atom. The number of unbranched alkanes of at least 4 members (excludes halogenated alkanes) is 4.